The van der Waals surface area contributed by atoms with Gasteiger partial charge in [-0.2, -0.15) is 0 Å². The van der Waals surface area contributed by atoms with Gasteiger partial charge in [0.2, 0.25) is 11.8 Å². The summed E-state index contributed by atoms with van der Waals surface area (Å²) >= 11 is 0. The molecule has 1 N–H and O–H groups in total. The van der Waals surface area contributed by atoms with Crippen LogP contribution in [-0.2, 0) is 14.8 Å². The van der Waals surface area contributed by atoms with E-state index in [0.717, 1.165) is 4.31 Å². The van der Waals surface area contributed by atoms with E-state index in [0.29, 0.717) is 16.6 Å². The zero-order valence-corrected chi connectivity index (χ0v) is 19.8. The van der Waals surface area contributed by atoms with Crippen LogP contribution in [0.2, 0.25) is 0 Å². The molecule has 0 radical (unpaired) electrons. The number of amides is 1. The van der Waals surface area contributed by atoms with Gasteiger partial charge in [0.15, 0.2) is 5.78 Å². The zero-order chi connectivity index (χ0) is 25.0. The lowest BCUT2D eigenvalue weighted by Crippen LogP contribution is -2.38. The molecule has 178 valence electrons. The lowest BCUT2D eigenvalue weighted by molar-refractivity contribution is -0.114. The van der Waals surface area contributed by atoms with Crippen LogP contribution in [0.5, 0.6) is 5.88 Å². The molecule has 0 bridgehead atoms. The van der Waals surface area contributed by atoms with Gasteiger partial charge in [-0.3, -0.25) is 18.9 Å². The third kappa shape index (κ3) is 4.97. The van der Waals surface area contributed by atoms with Crippen molar-refractivity contribution in [3.8, 4) is 5.88 Å². The van der Waals surface area contributed by atoms with Crippen molar-refractivity contribution in [3.05, 3.63) is 84.7 Å². The van der Waals surface area contributed by atoms with Crippen molar-refractivity contribution in [1.29, 1.82) is 0 Å². The number of ketones is 1. The normalized spacial score (nSPS) is 11.1. The minimum atomic E-state index is -4.27. The van der Waals surface area contributed by atoms with Crippen molar-refractivity contribution in [1.82, 2.24) is 9.97 Å². The SMILES string of the molecule is COc1ncccc1N(CC(=O)Nc1ccc(C(C)=O)cc1)S(=O)(=O)c1cccc2cccnc12. The highest BCUT2D eigenvalue weighted by atomic mass is 32.2. The van der Waals surface area contributed by atoms with Gasteiger partial charge in [0, 0.05) is 29.0 Å². The summed E-state index contributed by atoms with van der Waals surface area (Å²) in [6, 6.07) is 17.7. The molecule has 9 nitrogen and oxygen atoms in total. The molecule has 0 spiro atoms. The molecule has 0 aliphatic carbocycles. The van der Waals surface area contributed by atoms with E-state index < -0.39 is 22.5 Å². The van der Waals surface area contributed by atoms with Crippen LogP contribution < -0.4 is 14.4 Å². The van der Waals surface area contributed by atoms with Crippen molar-refractivity contribution < 1.29 is 22.7 Å². The molecule has 0 saturated carbocycles. The van der Waals surface area contributed by atoms with Gasteiger partial charge in [-0.1, -0.05) is 18.2 Å². The van der Waals surface area contributed by atoms with E-state index in [1.54, 1.807) is 54.6 Å². The van der Waals surface area contributed by atoms with Gasteiger partial charge in [-0.15, -0.1) is 0 Å². The number of rotatable bonds is 8. The van der Waals surface area contributed by atoms with Crippen molar-refractivity contribution in [2.45, 2.75) is 11.8 Å². The van der Waals surface area contributed by atoms with E-state index >= 15 is 0 Å². The lowest BCUT2D eigenvalue weighted by Gasteiger charge is -2.25. The van der Waals surface area contributed by atoms with Crippen molar-refractivity contribution in [2.24, 2.45) is 0 Å². The number of sulfonamides is 1. The van der Waals surface area contributed by atoms with Gasteiger partial charge < -0.3 is 10.1 Å². The first kappa shape index (κ1) is 23.8. The van der Waals surface area contributed by atoms with E-state index in [1.807, 2.05) is 0 Å². The summed E-state index contributed by atoms with van der Waals surface area (Å²) in [5, 5.41) is 3.31. The number of Topliss-reactive ketones (excluding diaryl/α,β-unsaturated/α-hetero) is 1. The molecule has 1 amide bonds. The first-order valence-corrected chi connectivity index (χ1v) is 12.0. The van der Waals surface area contributed by atoms with Crippen LogP contribution >= 0.6 is 0 Å². The monoisotopic (exact) mass is 490 g/mol. The van der Waals surface area contributed by atoms with Crippen LogP contribution in [0.3, 0.4) is 0 Å². The molecule has 2 heterocycles. The van der Waals surface area contributed by atoms with Crippen LogP contribution in [0.1, 0.15) is 17.3 Å². The van der Waals surface area contributed by atoms with Crippen molar-refractivity contribution in [2.75, 3.05) is 23.3 Å². The maximum Gasteiger partial charge on any atom is 0.267 e. The van der Waals surface area contributed by atoms with Crippen molar-refractivity contribution in [3.63, 3.8) is 0 Å². The predicted octanol–water partition coefficient (Wildman–Crippen LogP) is 3.68. The third-order valence-corrected chi connectivity index (χ3v) is 7.03. The Hall–Kier alpha value is -4.31. The molecule has 10 heteroatoms. The molecule has 2 aromatic carbocycles. The van der Waals surface area contributed by atoms with Gasteiger partial charge in [0.1, 0.15) is 17.1 Å². The number of fused-ring (bicyclic) bond motifs is 1. The van der Waals surface area contributed by atoms with Gasteiger partial charge in [0.05, 0.1) is 12.6 Å². The Morgan fingerprint density at radius 3 is 2.34 bits per heavy atom. The summed E-state index contributed by atoms with van der Waals surface area (Å²) in [4.78, 5) is 32.8. The number of aromatic nitrogens is 2. The van der Waals surface area contributed by atoms with Crippen molar-refractivity contribution >= 4 is 44.0 Å². The minimum Gasteiger partial charge on any atom is -0.479 e. The Morgan fingerprint density at radius 2 is 1.63 bits per heavy atom. The fraction of sp³-hybridized carbons (Fsp3) is 0.120. The maximum absolute atomic E-state index is 13.9. The summed E-state index contributed by atoms with van der Waals surface area (Å²) < 4.78 is 34.0. The minimum absolute atomic E-state index is 0.0443. The molecular formula is C25H22N4O5S. The topological polar surface area (TPSA) is 119 Å². The second-order valence-electron chi connectivity index (χ2n) is 7.56. The van der Waals surface area contributed by atoms with Gasteiger partial charge in [-0.05, 0) is 55.5 Å². The summed E-state index contributed by atoms with van der Waals surface area (Å²) in [6.45, 7) is 0.891. The Bertz CT molecular complexity index is 1500. The number of pyridine rings is 2. The number of anilines is 2. The summed E-state index contributed by atoms with van der Waals surface area (Å²) in [5.41, 5.74) is 1.30. The van der Waals surface area contributed by atoms with Crippen LogP contribution in [0.15, 0.2) is 84.0 Å². The molecule has 0 fully saturated rings. The highest BCUT2D eigenvalue weighted by Crippen LogP contribution is 2.32. The van der Waals surface area contributed by atoms with E-state index in [9.17, 15) is 18.0 Å². The molecule has 35 heavy (non-hydrogen) atoms. The molecule has 2 aromatic heterocycles. The number of benzene rings is 2. The Labute approximate surface area is 202 Å². The third-order valence-electron chi connectivity index (χ3n) is 5.24. The highest BCUT2D eigenvalue weighted by molar-refractivity contribution is 7.93. The van der Waals surface area contributed by atoms with Gasteiger partial charge in [-0.25, -0.2) is 13.4 Å². The van der Waals surface area contributed by atoms with Crippen LogP contribution in [0.25, 0.3) is 10.9 Å². The van der Waals surface area contributed by atoms with E-state index in [2.05, 4.69) is 15.3 Å². The molecular weight excluding hydrogens is 468 g/mol. The summed E-state index contributed by atoms with van der Waals surface area (Å²) in [5.74, 6) is -0.654. The number of hydrogen-bond acceptors (Lipinski definition) is 7. The Morgan fingerprint density at radius 1 is 0.943 bits per heavy atom. The van der Waals surface area contributed by atoms with Gasteiger partial charge in [0.25, 0.3) is 10.0 Å². The molecule has 0 atom stereocenters. The summed E-state index contributed by atoms with van der Waals surface area (Å²) in [7, 11) is -2.91. The number of hydrogen-bond donors (Lipinski definition) is 1. The smallest absolute Gasteiger partial charge is 0.267 e. The Kier molecular flexibility index (Phi) is 6.74. The fourth-order valence-electron chi connectivity index (χ4n) is 3.55. The predicted molar refractivity (Wildman–Crippen MR) is 132 cm³/mol. The molecule has 0 aliphatic rings. The number of nitrogens with one attached hydrogen (secondary N) is 1. The lowest BCUT2D eigenvalue weighted by atomic mass is 10.1. The number of ether oxygens (including phenoxy) is 1. The number of methoxy groups -OCH3 is 1. The number of carbonyl (C=O) groups excluding carboxylic acids is 2. The number of carbonyl (C=O) groups is 2. The standard InChI is InChI=1S/C25H22N4O5S/c1-17(30)18-10-12-20(13-11-18)28-23(31)16-29(21-8-5-15-27-25(21)34-2)35(32,33)22-9-3-6-19-7-4-14-26-24(19)22/h3-15H,16H2,1-2H3,(H,28,31). The first-order chi connectivity index (χ1) is 16.8. The van der Waals surface area contributed by atoms with Crippen LogP contribution in [0.4, 0.5) is 11.4 Å². The fourth-order valence-corrected chi connectivity index (χ4v) is 5.14. The average Bonchev–Trinajstić information content (AvgIpc) is 2.87. The number of nitrogens with zero attached hydrogens (tertiary/aromatic N) is 3. The van der Waals surface area contributed by atoms with Gasteiger partial charge >= 0.3 is 0 Å². The van der Waals surface area contributed by atoms with E-state index in [4.69, 9.17) is 4.74 Å². The first-order valence-electron chi connectivity index (χ1n) is 10.6. The Balaban J connectivity index is 1.74. The average molecular weight is 491 g/mol. The molecule has 0 unspecified atom stereocenters. The molecule has 0 aliphatic heterocycles. The zero-order valence-electron chi connectivity index (χ0n) is 19.0. The highest BCUT2D eigenvalue weighted by Gasteiger charge is 2.31. The molecule has 4 aromatic rings. The summed E-state index contributed by atoms with van der Waals surface area (Å²) in [6.07, 6.45) is 2.97. The second-order valence-corrected chi connectivity index (χ2v) is 9.39. The quantitative estimate of drug-likeness (QED) is 0.374. The molecule has 0 saturated heterocycles. The number of para-hydroxylation sites is 1. The van der Waals surface area contributed by atoms with E-state index in [-0.39, 0.29) is 27.8 Å². The van der Waals surface area contributed by atoms with Crippen LogP contribution in [-0.4, -0.2) is 43.7 Å². The molecule has 4 rings (SSSR count). The maximum atomic E-state index is 13.9. The van der Waals surface area contributed by atoms with Crippen LogP contribution in [0, 0.1) is 0 Å². The second kappa shape index (κ2) is 9.90. The van der Waals surface area contributed by atoms with E-state index in [1.165, 1.54) is 38.6 Å². The largest absolute Gasteiger partial charge is 0.479 e.